The van der Waals surface area contributed by atoms with Crippen molar-refractivity contribution in [2.24, 2.45) is 0 Å². The van der Waals surface area contributed by atoms with E-state index in [4.69, 9.17) is 4.74 Å². The fourth-order valence-corrected chi connectivity index (χ4v) is 1.76. The molecule has 0 saturated carbocycles. The molecular formula is C13H16N2O. The average molecular weight is 216 g/mol. The number of aryl methyl sites for hydroxylation is 1. The summed E-state index contributed by atoms with van der Waals surface area (Å²) in [6.45, 7) is 6.18. The van der Waals surface area contributed by atoms with Gasteiger partial charge in [-0.25, -0.2) is 4.68 Å². The molecule has 16 heavy (non-hydrogen) atoms. The van der Waals surface area contributed by atoms with Crippen LogP contribution in [0.3, 0.4) is 0 Å². The summed E-state index contributed by atoms with van der Waals surface area (Å²) in [6, 6.07) is 7.91. The second-order valence-electron chi connectivity index (χ2n) is 3.88. The molecule has 2 rings (SSSR count). The van der Waals surface area contributed by atoms with Crippen LogP contribution >= 0.6 is 0 Å². The third-order valence-corrected chi connectivity index (χ3v) is 2.97. The van der Waals surface area contributed by atoms with E-state index in [9.17, 15) is 0 Å². The van der Waals surface area contributed by atoms with E-state index in [1.54, 1.807) is 7.11 Å². The predicted octanol–water partition coefficient (Wildman–Crippen LogP) is 2.81. The van der Waals surface area contributed by atoms with Crippen molar-refractivity contribution in [3.63, 3.8) is 0 Å². The summed E-state index contributed by atoms with van der Waals surface area (Å²) >= 11 is 0. The van der Waals surface area contributed by atoms with Gasteiger partial charge in [-0.2, -0.15) is 5.10 Å². The van der Waals surface area contributed by atoms with Crippen LogP contribution in [-0.2, 0) is 0 Å². The molecule has 1 heterocycles. The monoisotopic (exact) mass is 216 g/mol. The van der Waals surface area contributed by atoms with Crippen molar-refractivity contribution in [3.05, 3.63) is 41.2 Å². The Kier molecular flexibility index (Phi) is 2.69. The molecule has 2 aromatic rings. The Balaban J connectivity index is 2.63. The summed E-state index contributed by atoms with van der Waals surface area (Å²) < 4.78 is 7.28. The molecule has 0 spiro atoms. The van der Waals surface area contributed by atoms with Crippen LogP contribution in [0.4, 0.5) is 0 Å². The van der Waals surface area contributed by atoms with E-state index in [2.05, 4.69) is 18.9 Å². The standard InChI is InChI=1S/C13H16N2O/c1-9-10(2)14-15(11(9)3)12-7-5-6-8-13(12)16-4/h5-8H,1-4H3. The van der Waals surface area contributed by atoms with Crippen molar-refractivity contribution in [1.82, 2.24) is 9.78 Å². The van der Waals surface area contributed by atoms with Gasteiger partial charge in [0, 0.05) is 5.69 Å². The minimum absolute atomic E-state index is 0.841. The Hall–Kier alpha value is -1.77. The number of nitrogens with zero attached hydrogens (tertiary/aromatic N) is 2. The topological polar surface area (TPSA) is 27.1 Å². The lowest BCUT2D eigenvalue weighted by atomic mass is 10.2. The van der Waals surface area contributed by atoms with Crippen molar-refractivity contribution < 1.29 is 4.74 Å². The molecular weight excluding hydrogens is 200 g/mol. The number of rotatable bonds is 2. The lowest BCUT2D eigenvalue weighted by Gasteiger charge is -2.09. The van der Waals surface area contributed by atoms with E-state index in [0.717, 1.165) is 22.8 Å². The van der Waals surface area contributed by atoms with Gasteiger partial charge in [0.25, 0.3) is 0 Å². The Morgan fingerprint density at radius 2 is 1.81 bits per heavy atom. The molecule has 84 valence electrons. The average Bonchev–Trinajstić information content (AvgIpc) is 2.57. The SMILES string of the molecule is COc1ccccc1-n1nc(C)c(C)c1C. The maximum atomic E-state index is 5.34. The minimum atomic E-state index is 0.841. The molecule has 0 aliphatic rings. The van der Waals surface area contributed by atoms with Crippen molar-refractivity contribution >= 4 is 0 Å². The molecule has 3 heteroatoms. The van der Waals surface area contributed by atoms with Gasteiger partial charge in [0.15, 0.2) is 0 Å². The molecule has 1 aromatic carbocycles. The maximum Gasteiger partial charge on any atom is 0.144 e. The fraction of sp³-hybridized carbons (Fsp3) is 0.308. The maximum absolute atomic E-state index is 5.34. The molecule has 0 atom stereocenters. The molecule has 0 aliphatic heterocycles. The van der Waals surface area contributed by atoms with Crippen LogP contribution in [-0.4, -0.2) is 16.9 Å². The molecule has 0 saturated heterocycles. The number of hydrogen-bond donors (Lipinski definition) is 0. The summed E-state index contributed by atoms with van der Waals surface area (Å²) in [7, 11) is 1.68. The van der Waals surface area contributed by atoms with Crippen LogP contribution in [0.25, 0.3) is 5.69 Å². The third-order valence-electron chi connectivity index (χ3n) is 2.97. The van der Waals surface area contributed by atoms with Gasteiger partial charge in [0.05, 0.1) is 12.8 Å². The highest BCUT2D eigenvalue weighted by Gasteiger charge is 2.11. The molecule has 0 unspecified atom stereocenters. The summed E-state index contributed by atoms with van der Waals surface area (Å²) in [4.78, 5) is 0. The predicted molar refractivity (Wildman–Crippen MR) is 64.3 cm³/mol. The fourth-order valence-electron chi connectivity index (χ4n) is 1.76. The van der Waals surface area contributed by atoms with Gasteiger partial charge in [0.2, 0.25) is 0 Å². The van der Waals surface area contributed by atoms with Crippen LogP contribution in [0, 0.1) is 20.8 Å². The van der Waals surface area contributed by atoms with E-state index in [1.165, 1.54) is 5.56 Å². The minimum Gasteiger partial charge on any atom is -0.494 e. The van der Waals surface area contributed by atoms with E-state index in [0.29, 0.717) is 0 Å². The summed E-state index contributed by atoms with van der Waals surface area (Å²) in [5.41, 5.74) is 4.43. The third kappa shape index (κ3) is 1.58. The zero-order valence-corrected chi connectivity index (χ0v) is 10.1. The molecule has 0 fully saturated rings. The molecule has 0 amide bonds. The zero-order valence-electron chi connectivity index (χ0n) is 10.1. The van der Waals surface area contributed by atoms with E-state index < -0.39 is 0 Å². The zero-order chi connectivity index (χ0) is 11.7. The molecule has 0 N–H and O–H groups in total. The normalized spacial score (nSPS) is 10.5. The second-order valence-corrected chi connectivity index (χ2v) is 3.88. The highest BCUT2D eigenvalue weighted by Crippen LogP contribution is 2.24. The van der Waals surface area contributed by atoms with Gasteiger partial charge in [-0.3, -0.25) is 0 Å². The van der Waals surface area contributed by atoms with Gasteiger partial charge < -0.3 is 4.74 Å². The summed E-state index contributed by atoms with van der Waals surface area (Å²) in [5.74, 6) is 0.841. The number of para-hydroxylation sites is 2. The van der Waals surface area contributed by atoms with Gasteiger partial charge in [0.1, 0.15) is 11.4 Å². The summed E-state index contributed by atoms with van der Waals surface area (Å²) in [6.07, 6.45) is 0. The van der Waals surface area contributed by atoms with Crippen LogP contribution in [0.5, 0.6) is 5.75 Å². The molecule has 3 nitrogen and oxygen atoms in total. The largest absolute Gasteiger partial charge is 0.494 e. The first kappa shape index (κ1) is 10.7. The van der Waals surface area contributed by atoms with Crippen molar-refractivity contribution in [3.8, 4) is 11.4 Å². The second kappa shape index (κ2) is 4.00. The number of ether oxygens (including phenoxy) is 1. The van der Waals surface area contributed by atoms with E-state index in [-0.39, 0.29) is 0 Å². The van der Waals surface area contributed by atoms with Crippen molar-refractivity contribution in [2.75, 3.05) is 7.11 Å². The lowest BCUT2D eigenvalue weighted by Crippen LogP contribution is -2.01. The number of benzene rings is 1. The highest BCUT2D eigenvalue weighted by atomic mass is 16.5. The molecule has 0 bridgehead atoms. The van der Waals surface area contributed by atoms with Crippen LogP contribution in [0.15, 0.2) is 24.3 Å². The smallest absolute Gasteiger partial charge is 0.144 e. The van der Waals surface area contributed by atoms with E-state index >= 15 is 0 Å². The molecule has 1 aromatic heterocycles. The van der Waals surface area contributed by atoms with Crippen LogP contribution in [0.2, 0.25) is 0 Å². The molecule has 0 radical (unpaired) electrons. The first-order chi connectivity index (χ1) is 7.65. The van der Waals surface area contributed by atoms with Gasteiger partial charge in [-0.05, 0) is 38.5 Å². The van der Waals surface area contributed by atoms with E-state index in [1.807, 2.05) is 35.9 Å². The quantitative estimate of drug-likeness (QED) is 0.771. The Bertz CT molecular complexity index is 515. The highest BCUT2D eigenvalue weighted by molar-refractivity contribution is 5.48. The Morgan fingerprint density at radius 1 is 1.12 bits per heavy atom. The van der Waals surface area contributed by atoms with Crippen LogP contribution in [0.1, 0.15) is 17.0 Å². The molecule has 0 aliphatic carbocycles. The number of aromatic nitrogens is 2. The van der Waals surface area contributed by atoms with Gasteiger partial charge in [-0.1, -0.05) is 12.1 Å². The summed E-state index contributed by atoms with van der Waals surface area (Å²) in [5, 5.41) is 4.53. The van der Waals surface area contributed by atoms with Crippen LogP contribution < -0.4 is 4.74 Å². The van der Waals surface area contributed by atoms with Crippen molar-refractivity contribution in [2.45, 2.75) is 20.8 Å². The first-order valence-electron chi connectivity index (χ1n) is 5.31. The first-order valence-corrected chi connectivity index (χ1v) is 5.31. The Labute approximate surface area is 95.7 Å². The lowest BCUT2D eigenvalue weighted by molar-refractivity contribution is 0.411. The Morgan fingerprint density at radius 3 is 2.38 bits per heavy atom. The van der Waals surface area contributed by atoms with Crippen molar-refractivity contribution in [1.29, 1.82) is 0 Å². The number of hydrogen-bond acceptors (Lipinski definition) is 2. The van der Waals surface area contributed by atoms with Gasteiger partial charge >= 0.3 is 0 Å². The number of methoxy groups -OCH3 is 1. The van der Waals surface area contributed by atoms with Gasteiger partial charge in [-0.15, -0.1) is 0 Å².